The maximum absolute atomic E-state index is 13.1. The van der Waals surface area contributed by atoms with Crippen molar-refractivity contribution < 1.29 is 9.53 Å². The van der Waals surface area contributed by atoms with E-state index in [9.17, 15) is 9.59 Å². The minimum Gasteiger partial charge on any atom is -0.497 e. The minimum atomic E-state index is -0.210. The molecule has 0 fully saturated rings. The highest BCUT2D eigenvalue weighted by atomic mass is 32.2. The van der Waals surface area contributed by atoms with Gasteiger partial charge in [-0.05, 0) is 48.6 Å². The van der Waals surface area contributed by atoms with Crippen molar-refractivity contribution in [2.24, 2.45) is 0 Å². The lowest BCUT2D eigenvalue weighted by molar-refractivity contribution is 0.0955. The Morgan fingerprint density at radius 1 is 1.00 bits per heavy atom. The van der Waals surface area contributed by atoms with Crippen molar-refractivity contribution in [1.29, 1.82) is 0 Å². The summed E-state index contributed by atoms with van der Waals surface area (Å²) >= 11 is 1.70. The fourth-order valence-corrected chi connectivity index (χ4v) is 4.04. The van der Waals surface area contributed by atoms with Crippen LogP contribution in [-0.2, 0) is 6.42 Å². The quantitative estimate of drug-likeness (QED) is 0.420. The van der Waals surface area contributed by atoms with E-state index in [1.165, 1.54) is 9.46 Å². The molecule has 0 atom stereocenters. The number of carbonyl (C=O) groups excluding carboxylic acids is 1. The molecule has 4 rings (SSSR count). The number of rotatable bonds is 7. The summed E-state index contributed by atoms with van der Waals surface area (Å²) in [5.74, 6) is 0.430. The van der Waals surface area contributed by atoms with Gasteiger partial charge >= 0.3 is 0 Å². The first-order valence-corrected chi connectivity index (χ1v) is 11.5. The molecule has 1 aromatic heterocycles. The van der Waals surface area contributed by atoms with E-state index >= 15 is 0 Å². The van der Waals surface area contributed by atoms with Crippen LogP contribution in [0.4, 0.5) is 0 Å². The molecule has 0 saturated carbocycles. The summed E-state index contributed by atoms with van der Waals surface area (Å²) in [5, 5.41) is 4.14. The number of hydrogen-bond acceptors (Lipinski definition) is 4. The van der Waals surface area contributed by atoms with Gasteiger partial charge in [-0.15, -0.1) is 11.8 Å². The number of carbonyl (C=O) groups is 1. The van der Waals surface area contributed by atoms with Crippen LogP contribution in [0, 0.1) is 0 Å². The first-order valence-electron chi connectivity index (χ1n) is 10.3. The Kier molecular flexibility index (Phi) is 6.61. The molecule has 0 unspecified atom stereocenters. The van der Waals surface area contributed by atoms with E-state index in [-0.39, 0.29) is 11.5 Å². The summed E-state index contributed by atoms with van der Waals surface area (Å²) in [7, 11) is 1.58. The highest BCUT2D eigenvalue weighted by Crippen LogP contribution is 2.20. The van der Waals surface area contributed by atoms with E-state index < -0.39 is 0 Å². The summed E-state index contributed by atoms with van der Waals surface area (Å²) < 4.78 is 6.80. The van der Waals surface area contributed by atoms with Gasteiger partial charge in [0, 0.05) is 34.5 Å². The number of fused-ring (bicyclic) bond motifs is 1. The summed E-state index contributed by atoms with van der Waals surface area (Å²) in [4.78, 5) is 27.5. The largest absolute Gasteiger partial charge is 0.497 e. The van der Waals surface area contributed by atoms with E-state index in [0.29, 0.717) is 34.3 Å². The number of thioether (sulfide) groups is 1. The first-order chi connectivity index (χ1) is 15.6. The fourth-order valence-electron chi connectivity index (χ4n) is 3.63. The summed E-state index contributed by atoms with van der Waals surface area (Å²) in [5.41, 5.74) is 2.08. The maximum Gasteiger partial charge on any atom is 0.262 e. The van der Waals surface area contributed by atoms with E-state index in [1.807, 2.05) is 36.6 Å². The second-order valence-corrected chi connectivity index (χ2v) is 8.20. The molecular weight excluding hydrogens is 420 g/mol. The van der Waals surface area contributed by atoms with Crippen LogP contribution in [0.3, 0.4) is 0 Å². The molecule has 3 aromatic carbocycles. The number of nitrogens with zero attached hydrogens (tertiary/aromatic N) is 1. The Bertz CT molecular complexity index is 1310. The lowest BCUT2D eigenvalue weighted by Crippen LogP contribution is -2.28. The number of nitrogens with one attached hydrogen (secondary N) is 1. The molecule has 6 heteroatoms. The van der Waals surface area contributed by atoms with Crippen LogP contribution in [0.1, 0.15) is 15.9 Å². The fraction of sp³-hybridized carbons (Fsp3) is 0.154. The van der Waals surface area contributed by atoms with Crippen molar-refractivity contribution in [3.63, 3.8) is 0 Å². The predicted octanol–water partition coefficient (Wildman–Crippen LogP) is 4.69. The summed E-state index contributed by atoms with van der Waals surface area (Å²) in [6.45, 7) is 0.504. The lowest BCUT2D eigenvalue weighted by Gasteiger charge is -2.13. The van der Waals surface area contributed by atoms with E-state index in [4.69, 9.17) is 4.74 Å². The lowest BCUT2D eigenvalue weighted by atomic mass is 10.1. The van der Waals surface area contributed by atoms with Gasteiger partial charge in [-0.1, -0.05) is 36.4 Å². The van der Waals surface area contributed by atoms with E-state index in [0.717, 1.165) is 12.0 Å². The van der Waals surface area contributed by atoms with Crippen LogP contribution in [0.2, 0.25) is 0 Å². The molecular formula is C26H24N2O3S. The number of amides is 1. The van der Waals surface area contributed by atoms with Crippen molar-refractivity contribution in [2.75, 3.05) is 19.9 Å². The van der Waals surface area contributed by atoms with Crippen molar-refractivity contribution in [3.8, 4) is 11.4 Å². The van der Waals surface area contributed by atoms with Crippen LogP contribution in [-0.4, -0.2) is 30.4 Å². The first kappa shape index (κ1) is 21.7. The molecule has 0 aliphatic rings. The van der Waals surface area contributed by atoms with Crippen LogP contribution in [0.5, 0.6) is 5.75 Å². The molecule has 32 heavy (non-hydrogen) atoms. The molecule has 1 N–H and O–H groups in total. The topological polar surface area (TPSA) is 60.3 Å². The predicted molar refractivity (Wildman–Crippen MR) is 130 cm³/mol. The van der Waals surface area contributed by atoms with Crippen molar-refractivity contribution in [1.82, 2.24) is 9.88 Å². The third kappa shape index (κ3) is 4.55. The van der Waals surface area contributed by atoms with Gasteiger partial charge in [0.05, 0.1) is 18.4 Å². The van der Waals surface area contributed by atoms with Gasteiger partial charge in [0.1, 0.15) is 5.75 Å². The zero-order valence-electron chi connectivity index (χ0n) is 18.0. The van der Waals surface area contributed by atoms with Gasteiger partial charge in [0.2, 0.25) is 0 Å². The molecule has 0 saturated heterocycles. The Hall–Kier alpha value is -3.51. The molecule has 0 aliphatic heterocycles. The Balaban J connectivity index is 1.64. The van der Waals surface area contributed by atoms with E-state index in [2.05, 4.69) is 29.6 Å². The van der Waals surface area contributed by atoms with Gasteiger partial charge in [0.15, 0.2) is 0 Å². The average Bonchev–Trinajstić information content (AvgIpc) is 2.85. The van der Waals surface area contributed by atoms with Crippen LogP contribution >= 0.6 is 11.8 Å². The highest BCUT2D eigenvalue weighted by molar-refractivity contribution is 7.98. The van der Waals surface area contributed by atoms with Crippen LogP contribution in [0.25, 0.3) is 16.5 Å². The Morgan fingerprint density at radius 3 is 2.47 bits per heavy atom. The molecule has 1 amide bonds. The van der Waals surface area contributed by atoms with Gasteiger partial charge < -0.3 is 10.1 Å². The molecule has 0 aliphatic carbocycles. The number of methoxy groups -OCH3 is 1. The standard InChI is InChI=1S/C26H24N2O3S/c1-31-20-7-5-6-19(16-20)28-17-24(22-8-3-4-9-23(22)26(28)30)25(29)27-15-14-18-10-12-21(32-2)13-11-18/h3-13,16-17H,14-15H2,1-2H3,(H,27,29). The molecule has 4 aromatic rings. The number of aromatic nitrogens is 1. The Labute approximate surface area is 191 Å². The minimum absolute atomic E-state index is 0.181. The molecule has 0 radical (unpaired) electrons. The van der Waals surface area contributed by atoms with Crippen LogP contribution in [0.15, 0.2) is 88.7 Å². The Morgan fingerprint density at radius 2 is 1.75 bits per heavy atom. The molecule has 0 bridgehead atoms. The van der Waals surface area contributed by atoms with Crippen molar-refractivity contribution in [2.45, 2.75) is 11.3 Å². The average molecular weight is 445 g/mol. The monoisotopic (exact) mass is 444 g/mol. The number of hydrogen-bond donors (Lipinski definition) is 1. The number of pyridine rings is 1. The van der Waals surface area contributed by atoms with E-state index in [1.54, 1.807) is 43.3 Å². The van der Waals surface area contributed by atoms with Gasteiger partial charge in [-0.25, -0.2) is 0 Å². The van der Waals surface area contributed by atoms with Crippen molar-refractivity contribution in [3.05, 3.63) is 100 Å². The maximum atomic E-state index is 13.1. The number of ether oxygens (including phenoxy) is 1. The molecule has 162 valence electrons. The smallest absolute Gasteiger partial charge is 0.262 e. The zero-order chi connectivity index (χ0) is 22.5. The summed E-state index contributed by atoms with van der Waals surface area (Å²) in [6, 6.07) is 22.7. The van der Waals surface area contributed by atoms with Crippen molar-refractivity contribution >= 4 is 28.4 Å². The third-order valence-corrected chi connectivity index (χ3v) is 6.10. The molecule has 1 heterocycles. The zero-order valence-corrected chi connectivity index (χ0v) is 18.8. The second kappa shape index (κ2) is 9.75. The molecule has 0 spiro atoms. The molecule has 5 nitrogen and oxygen atoms in total. The highest BCUT2D eigenvalue weighted by Gasteiger charge is 2.15. The second-order valence-electron chi connectivity index (χ2n) is 7.32. The van der Waals surface area contributed by atoms with Gasteiger partial charge in [-0.2, -0.15) is 0 Å². The number of benzene rings is 3. The van der Waals surface area contributed by atoms with Gasteiger partial charge in [-0.3, -0.25) is 14.2 Å². The van der Waals surface area contributed by atoms with Gasteiger partial charge in [0.25, 0.3) is 11.5 Å². The normalized spacial score (nSPS) is 10.8. The third-order valence-electron chi connectivity index (χ3n) is 5.36. The SMILES string of the molecule is COc1cccc(-n2cc(C(=O)NCCc3ccc(SC)cc3)c3ccccc3c2=O)c1. The van der Waals surface area contributed by atoms with Crippen LogP contribution < -0.4 is 15.6 Å². The summed E-state index contributed by atoms with van der Waals surface area (Å²) in [6.07, 6.45) is 4.39.